The molecule has 0 aliphatic heterocycles. The monoisotopic (exact) mass is 522 g/mol. The van der Waals surface area contributed by atoms with Gasteiger partial charge in [0.1, 0.15) is 0 Å². The van der Waals surface area contributed by atoms with Crippen LogP contribution in [0.15, 0.2) is 53.0 Å². The minimum absolute atomic E-state index is 0.148. The molecule has 8 heteroatoms. The lowest BCUT2D eigenvalue weighted by molar-refractivity contribution is 0.0954. The van der Waals surface area contributed by atoms with Crippen molar-refractivity contribution in [3.8, 4) is 34.0 Å². The molecule has 0 unspecified atom stereocenters. The molecule has 4 rings (SSSR count). The van der Waals surface area contributed by atoms with Crippen LogP contribution >= 0.6 is 15.9 Å². The summed E-state index contributed by atoms with van der Waals surface area (Å²) in [4.78, 5) is 18.1. The Hall–Kier alpha value is -3.39. The topological polar surface area (TPSA) is 89.1 Å². The third-order valence-corrected chi connectivity index (χ3v) is 6.18. The Morgan fingerprint density at radius 1 is 1.00 bits per heavy atom. The molecule has 2 aromatic carbocycles. The van der Waals surface area contributed by atoms with Crippen LogP contribution in [-0.2, 0) is 0 Å². The largest absolute Gasteiger partial charge is 0.493 e. The minimum Gasteiger partial charge on any atom is -0.493 e. The number of carbonyl (C=O) groups is 1. The molecule has 0 aliphatic carbocycles. The zero-order valence-corrected chi connectivity index (χ0v) is 21.0. The average Bonchev–Trinajstić information content (AvgIpc) is 3.30. The van der Waals surface area contributed by atoms with Gasteiger partial charge in [0, 0.05) is 22.1 Å². The Bertz CT molecular complexity index is 1300. The molecule has 7 nitrogen and oxygen atoms in total. The molecule has 0 bridgehead atoms. The zero-order chi connectivity index (χ0) is 24.1. The van der Waals surface area contributed by atoms with E-state index in [1.54, 1.807) is 14.2 Å². The van der Waals surface area contributed by atoms with Crippen LogP contribution in [0.1, 0.15) is 36.5 Å². The Kier molecular flexibility index (Phi) is 7.47. The maximum Gasteiger partial charge on any atom is 0.252 e. The fourth-order valence-electron chi connectivity index (χ4n) is 3.84. The number of carbonyl (C=O) groups excluding carboxylic acids is 1. The quantitative estimate of drug-likeness (QED) is 0.263. The predicted octanol–water partition coefficient (Wildman–Crippen LogP) is 5.99. The summed E-state index contributed by atoms with van der Waals surface area (Å²) in [7, 11) is 3.18. The number of amides is 1. The van der Waals surface area contributed by atoms with E-state index in [1.165, 1.54) is 0 Å². The van der Waals surface area contributed by atoms with E-state index in [0.717, 1.165) is 40.6 Å². The summed E-state index contributed by atoms with van der Waals surface area (Å²) < 4.78 is 11.8. The maximum absolute atomic E-state index is 13.3. The van der Waals surface area contributed by atoms with Crippen LogP contribution in [0, 0.1) is 0 Å². The summed E-state index contributed by atoms with van der Waals surface area (Å²) in [5, 5.41) is 11.3. The van der Waals surface area contributed by atoms with E-state index >= 15 is 0 Å². The van der Waals surface area contributed by atoms with Crippen molar-refractivity contribution in [2.24, 2.45) is 0 Å². The highest BCUT2D eigenvalue weighted by molar-refractivity contribution is 9.10. The van der Waals surface area contributed by atoms with E-state index in [2.05, 4.69) is 38.4 Å². The normalized spacial score (nSPS) is 10.9. The summed E-state index contributed by atoms with van der Waals surface area (Å²) in [6, 6.07) is 15.2. The van der Waals surface area contributed by atoms with E-state index < -0.39 is 0 Å². The second kappa shape index (κ2) is 10.7. The van der Waals surface area contributed by atoms with Crippen molar-refractivity contribution >= 4 is 32.9 Å². The van der Waals surface area contributed by atoms with Gasteiger partial charge in [-0.1, -0.05) is 47.8 Å². The number of rotatable bonds is 9. The molecule has 2 aromatic heterocycles. The molecule has 0 saturated heterocycles. The van der Waals surface area contributed by atoms with E-state index in [1.807, 2.05) is 48.5 Å². The molecule has 0 saturated carbocycles. The van der Waals surface area contributed by atoms with Crippen molar-refractivity contribution in [3.05, 3.63) is 58.6 Å². The van der Waals surface area contributed by atoms with Gasteiger partial charge in [-0.25, -0.2) is 4.98 Å². The number of aromatic amines is 1. The molecule has 2 N–H and O–H groups in total. The van der Waals surface area contributed by atoms with Crippen LogP contribution in [0.25, 0.3) is 33.5 Å². The number of hydrogen-bond acceptors (Lipinski definition) is 5. The molecule has 4 aromatic rings. The molecule has 0 aliphatic rings. The summed E-state index contributed by atoms with van der Waals surface area (Å²) in [6.45, 7) is 2.76. The van der Waals surface area contributed by atoms with Gasteiger partial charge in [-0.05, 0) is 42.8 Å². The van der Waals surface area contributed by atoms with E-state index in [-0.39, 0.29) is 5.91 Å². The molecule has 0 radical (unpaired) electrons. The number of hydrogen-bond donors (Lipinski definition) is 2. The molecular weight excluding hydrogens is 496 g/mol. The molecule has 34 heavy (non-hydrogen) atoms. The molecule has 2 heterocycles. The van der Waals surface area contributed by atoms with Gasteiger partial charge in [-0.2, -0.15) is 5.10 Å². The lowest BCUT2D eigenvalue weighted by atomic mass is 10.0. The first-order chi connectivity index (χ1) is 16.5. The van der Waals surface area contributed by atoms with Crippen molar-refractivity contribution in [1.29, 1.82) is 0 Å². The average molecular weight is 523 g/mol. The summed E-state index contributed by atoms with van der Waals surface area (Å²) in [6.07, 6.45) is 3.09. The predicted molar refractivity (Wildman–Crippen MR) is 137 cm³/mol. The van der Waals surface area contributed by atoms with Crippen molar-refractivity contribution in [1.82, 2.24) is 20.5 Å². The maximum atomic E-state index is 13.3. The van der Waals surface area contributed by atoms with E-state index in [4.69, 9.17) is 14.5 Å². The second-order valence-corrected chi connectivity index (χ2v) is 8.81. The smallest absolute Gasteiger partial charge is 0.252 e. The van der Waals surface area contributed by atoms with Gasteiger partial charge < -0.3 is 14.8 Å². The number of benzene rings is 2. The molecular formula is C26H27BrN4O3. The van der Waals surface area contributed by atoms with Crippen molar-refractivity contribution in [3.63, 3.8) is 0 Å². The number of pyridine rings is 1. The number of nitrogens with one attached hydrogen (secondary N) is 2. The lowest BCUT2D eigenvalue weighted by Gasteiger charge is -2.12. The van der Waals surface area contributed by atoms with E-state index in [9.17, 15) is 4.79 Å². The molecule has 1 amide bonds. The fourth-order valence-corrected chi connectivity index (χ4v) is 4.11. The second-order valence-electron chi connectivity index (χ2n) is 7.89. The van der Waals surface area contributed by atoms with Gasteiger partial charge in [0.05, 0.1) is 36.6 Å². The SMILES string of the molecule is CCCCCNC(=O)c1cc(-c2ccc(OC)c(OC)c2)nc2n[nH]c(-c3ccc(Br)cc3)c12. The van der Waals surface area contributed by atoms with Gasteiger partial charge in [0.15, 0.2) is 17.1 Å². The number of H-pyrrole nitrogens is 1. The molecule has 0 atom stereocenters. The van der Waals surface area contributed by atoms with Crippen LogP contribution in [0.4, 0.5) is 0 Å². The first kappa shape index (κ1) is 23.8. The molecule has 0 spiro atoms. The molecule has 0 fully saturated rings. The number of methoxy groups -OCH3 is 2. The Morgan fingerprint density at radius 2 is 1.74 bits per heavy atom. The third kappa shape index (κ3) is 4.92. The highest BCUT2D eigenvalue weighted by Crippen LogP contribution is 2.35. The van der Waals surface area contributed by atoms with Gasteiger partial charge >= 0.3 is 0 Å². The number of ether oxygens (including phenoxy) is 2. The van der Waals surface area contributed by atoms with Crippen molar-refractivity contribution in [2.75, 3.05) is 20.8 Å². The standard InChI is InChI=1S/C26H27BrN4O3/c1-4-5-6-13-28-26(32)19-15-20(17-9-12-21(33-2)22(14-17)34-3)29-25-23(19)24(30-31-25)16-7-10-18(27)11-8-16/h7-12,14-15H,4-6,13H2,1-3H3,(H,28,32)(H,29,30,31). The number of aromatic nitrogens is 3. The van der Waals surface area contributed by atoms with Gasteiger partial charge in [0.2, 0.25) is 0 Å². The summed E-state index contributed by atoms with van der Waals surface area (Å²) in [5.41, 5.74) is 4.11. The Balaban J connectivity index is 1.83. The highest BCUT2D eigenvalue weighted by atomic mass is 79.9. The first-order valence-corrected chi connectivity index (χ1v) is 12.0. The summed E-state index contributed by atoms with van der Waals surface area (Å²) in [5.74, 6) is 1.06. The van der Waals surface area contributed by atoms with E-state index in [0.29, 0.717) is 40.3 Å². The number of halogens is 1. The first-order valence-electron chi connectivity index (χ1n) is 11.2. The minimum atomic E-state index is -0.148. The van der Waals surface area contributed by atoms with Crippen LogP contribution < -0.4 is 14.8 Å². The van der Waals surface area contributed by atoms with Gasteiger partial charge in [-0.3, -0.25) is 9.89 Å². The number of fused-ring (bicyclic) bond motifs is 1. The lowest BCUT2D eigenvalue weighted by Crippen LogP contribution is -2.24. The van der Waals surface area contributed by atoms with Crippen LogP contribution in [0.2, 0.25) is 0 Å². The highest BCUT2D eigenvalue weighted by Gasteiger charge is 2.21. The Morgan fingerprint density at radius 3 is 2.44 bits per heavy atom. The third-order valence-electron chi connectivity index (χ3n) is 5.65. The van der Waals surface area contributed by atoms with Crippen LogP contribution in [0.5, 0.6) is 11.5 Å². The van der Waals surface area contributed by atoms with Crippen molar-refractivity contribution < 1.29 is 14.3 Å². The van der Waals surface area contributed by atoms with Gasteiger partial charge in [-0.15, -0.1) is 0 Å². The zero-order valence-electron chi connectivity index (χ0n) is 19.4. The molecule has 176 valence electrons. The fraction of sp³-hybridized carbons (Fsp3) is 0.269. The van der Waals surface area contributed by atoms with Gasteiger partial charge in [0.25, 0.3) is 5.91 Å². The summed E-state index contributed by atoms with van der Waals surface area (Å²) >= 11 is 3.47. The number of unbranched alkanes of at least 4 members (excludes halogenated alkanes) is 2. The van der Waals surface area contributed by atoms with Crippen LogP contribution in [0.3, 0.4) is 0 Å². The Labute approximate surface area is 207 Å². The van der Waals surface area contributed by atoms with Crippen LogP contribution in [-0.4, -0.2) is 41.9 Å². The van der Waals surface area contributed by atoms with Crippen molar-refractivity contribution in [2.45, 2.75) is 26.2 Å². The number of nitrogens with zero attached hydrogens (tertiary/aromatic N) is 2.